The number of aliphatic imine (C=N–C) groups is 1. The Labute approximate surface area is 139 Å². The molecule has 0 fully saturated rings. The second-order valence-corrected chi connectivity index (χ2v) is 6.85. The molecular weight excluding hydrogens is 312 g/mol. The number of aryl methyl sites for hydroxylation is 1. The maximum atomic E-state index is 4.23. The van der Waals surface area contributed by atoms with Gasteiger partial charge in [0.1, 0.15) is 15.8 Å². The minimum absolute atomic E-state index is 0.411. The number of hydrogen-bond donors (Lipinski definition) is 2. The predicted octanol–water partition coefficient (Wildman–Crippen LogP) is 1.06. The van der Waals surface area contributed by atoms with Crippen LogP contribution in [0.4, 0.5) is 0 Å². The maximum Gasteiger partial charge on any atom is 0.191 e. The molecule has 2 aromatic heterocycles. The van der Waals surface area contributed by atoms with Crippen LogP contribution in [-0.4, -0.2) is 38.0 Å². The molecule has 124 valence electrons. The lowest BCUT2D eigenvalue weighted by atomic mass is 10.2. The average Bonchev–Trinajstić information content (AvgIpc) is 3.24. The summed E-state index contributed by atoms with van der Waals surface area (Å²) in [6.07, 6.45) is 2.18. The summed E-state index contributed by atoms with van der Waals surface area (Å²) in [7, 11) is 1.75. The molecule has 8 nitrogen and oxygen atoms in total. The Kier molecular flexibility index (Phi) is 4.85. The molecule has 0 aliphatic carbocycles. The molecule has 0 spiro atoms. The lowest BCUT2D eigenvalue weighted by molar-refractivity contribution is 0.662. The van der Waals surface area contributed by atoms with Crippen LogP contribution in [-0.2, 0) is 26.1 Å². The zero-order chi connectivity index (χ0) is 16.2. The first-order chi connectivity index (χ1) is 11.2. The fourth-order valence-corrected chi connectivity index (χ4v) is 3.24. The Bertz CT molecular complexity index is 687. The molecule has 1 aliphatic rings. The van der Waals surface area contributed by atoms with E-state index in [9.17, 15) is 0 Å². The van der Waals surface area contributed by atoms with E-state index in [-0.39, 0.29) is 0 Å². The van der Waals surface area contributed by atoms with Crippen LogP contribution >= 0.6 is 11.3 Å². The number of nitrogens with one attached hydrogen (secondary N) is 2. The normalized spacial score (nSPS) is 14.3. The van der Waals surface area contributed by atoms with E-state index in [4.69, 9.17) is 0 Å². The van der Waals surface area contributed by atoms with Gasteiger partial charge in [-0.3, -0.25) is 4.99 Å². The fourth-order valence-electron chi connectivity index (χ4n) is 2.46. The van der Waals surface area contributed by atoms with Gasteiger partial charge in [0, 0.05) is 25.9 Å². The average molecular weight is 334 g/mol. The zero-order valence-corrected chi connectivity index (χ0v) is 14.5. The third-order valence-electron chi connectivity index (χ3n) is 3.71. The Morgan fingerprint density at radius 3 is 2.78 bits per heavy atom. The van der Waals surface area contributed by atoms with Gasteiger partial charge in [0.15, 0.2) is 11.8 Å². The summed E-state index contributed by atoms with van der Waals surface area (Å²) in [5.41, 5.74) is 0. The molecule has 3 heterocycles. The van der Waals surface area contributed by atoms with Crippen LogP contribution in [0.2, 0.25) is 0 Å². The maximum absolute atomic E-state index is 4.23. The van der Waals surface area contributed by atoms with E-state index < -0.39 is 0 Å². The van der Waals surface area contributed by atoms with Crippen molar-refractivity contribution in [3.8, 4) is 0 Å². The zero-order valence-electron chi connectivity index (χ0n) is 13.7. The quantitative estimate of drug-likeness (QED) is 0.627. The first-order valence-corrected chi connectivity index (χ1v) is 8.66. The molecule has 23 heavy (non-hydrogen) atoms. The summed E-state index contributed by atoms with van der Waals surface area (Å²) in [4.78, 5) is 4.23. The van der Waals surface area contributed by atoms with Gasteiger partial charge in [-0.25, -0.2) is 0 Å². The highest BCUT2D eigenvalue weighted by Crippen LogP contribution is 2.18. The standard InChI is InChI=1S/C14H22N8S/c1-9(2)13-21-20-12(23-13)8-17-14(15-3)16-7-11-19-18-10-5-4-6-22(10)11/h9H,4-8H2,1-3H3,(H2,15,16,17). The van der Waals surface area contributed by atoms with E-state index >= 15 is 0 Å². The smallest absolute Gasteiger partial charge is 0.191 e. The number of fused-ring (bicyclic) bond motifs is 1. The lowest BCUT2D eigenvalue weighted by Gasteiger charge is -2.10. The number of nitrogens with zero attached hydrogens (tertiary/aromatic N) is 6. The van der Waals surface area contributed by atoms with Crippen LogP contribution in [0.1, 0.15) is 47.9 Å². The lowest BCUT2D eigenvalue weighted by Crippen LogP contribution is -2.37. The third-order valence-corrected chi connectivity index (χ3v) is 4.93. The largest absolute Gasteiger partial charge is 0.350 e. The van der Waals surface area contributed by atoms with Crippen molar-refractivity contribution in [2.45, 2.75) is 52.2 Å². The fraction of sp³-hybridized carbons (Fsp3) is 0.643. The first kappa shape index (κ1) is 15.9. The Morgan fingerprint density at radius 1 is 1.22 bits per heavy atom. The van der Waals surface area contributed by atoms with Crippen molar-refractivity contribution in [3.05, 3.63) is 21.7 Å². The van der Waals surface area contributed by atoms with Crippen molar-refractivity contribution in [2.75, 3.05) is 7.05 Å². The Morgan fingerprint density at radius 2 is 2.04 bits per heavy atom. The van der Waals surface area contributed by atoms with Gasteiger partial charge in [0.05, 0.1) is 13.1 Å². The summed E-state index contributed by atoms with van der Waals surface area (Å²) in [6.45, 7) is 6.47. The van der Waals surface area contributed by atoms with Crippen LogP contribution in [0.15, 0.2) is 4.99 Å². The monoisotopic (exact) mass is 334 g/mol. The topological polar surface area (TPSA) is 92.9 Å². The van der Waals surface area contributed by atoms with Gasteiger partial charge in [-0.2, -0.15) is 0 Å². The molecule has 3 rings (SSSR count). The second-order valence-electron chi connectivity index (χ2n) is 5.76. The molecule has 0 saturated carbocycles. The summed E-state index contributed by atoms with van der Waals surface area (Å²) in [5, 5.41) is 25.4. The van der Waals surface area contributed by atoms with Crippen LogP contribution in [0.5, 0.6) is 0 Å². The highest BCUT2D eigenvalue weighted by molar-refractivity contribution is 7.11. The molecule has 0 aromatic carbocycles. The predicted molar refractivity (Wildman–Crippen MR) is 89.4 cm³/mol. The number of aromatic nitrogens is 5. The van der Waals surface area contributed by atoms with Gasteiger partial charge in [0.2, 0.25) is 0 Å². The Hall–Kier alpha value is -2.03. The molecule has 9 heteroatoms. The van der Waals surface area contributed by atoms with Crippen LogP contribution in [0.25, 0.3) is 0 Å². The molecular formula is C14H22N8S. The number of hydrogen-bond acceptors (Lipinski definition) is 6. The molecule has 0 radical (unpaired) electrons. The third kappa shape index (κ3) is 3.66. The van der Waals surface area contributed by atoms with Gasteiger partial charge in [-0.1, -0.05) is 25.2 Å². The summed E-state index contributed by atoms with van der Waals surface area (Å²) >= 11 is 1.63. The van der Waals surface area contributed by atoms with Crippen molar-refractivity contribution < 1.29 is 0 Å². The number of rotatable bonds is 5. The van der Waals surface area contributed by atoms with Crippen LogP contribution < -0.4 is 10.6 Å². The van der Waals surface area contributed by atoms with Crippen molar-refractivity contribution in [1.29, 1.82) is 0 Å². The van der Waals surface area contributed by atoms with Crippen molar-refractivity contribution in [2.24, 2.45) is 4.99 Å². The van der Waals surface area contributed by atoms with Gasteiger partial charge >= 0.3 is 0 Å². The highest BCUT2D eigenvalue weighted by Gasteiger charge is 2.17. The van der Waals surface area contributed by atoms with Crippen molar-refractivity contribution in [3.63, 3.8) is 0 Å². The molecule has 2 aromatic rings. The van der Waals surface area contributed by atoms with Crippen molar-refractivity contribution in [1.82, 2.24) is 35.6 Å². The summed E-state index contributed by atoms with van der Waals surface area (Å²) in [6, 6.07) is 0. The minimum Gasteiger partial charge on any atom is -0.350 e. The molecule has 0 bridgehead atoms. The first-order valence-electron chi connectivity index (χ1n) is 7.85. The summed E-state index contributed by atoms with van der Waals surface area (Å²) < 4.78 is 2.18. The second kappa shape index (κ2) is 7.03. The van der Waals surface area contributed by atoms with E-state index in [0.717, 1.165) is 47.0 Å². The van der Waals surface area contributed by atoms with E-state index in [1.165, 1.54) is 0 Å². The molecule has 2 N–H and O–H groups in total. The number of guanidine groups is 1. The van der Waals surface area contributed by atoms with Crippen LogP contribution in [0, 0.1) is 0 Å². The van der Waals surface area contributed by atoms with E-state index in [1.807, 2.05) is 0 Å². The van der Waals surface area contributed by atoms with Crippen LogP contribution in [0.3, 0.4) is 0 Å². The van der Waals surface area contributed by atoms with E-state index in [0.29, 0.717) is 19.0 Å². The molecule has 0 saturated heterocycles. The molecule has 0 unspecified atom stereocenters. The van der Waals surface area contributed by atoms with Gasteiger partial charge in [-0.15, -0.1) is 20.4 Å². The van der Waals surface area contributed by atoms with Crippen molar-refractivity contribution >= 4 is 17.3 Å². The van der Waals surface area contributed by atoms with Gasteiger partial charge in [-0.05, 0) is 6.42 Å². The molecule has 1 aliphatic heterocycles. The summed E-state index contributed by atoms with van der Waals surface area (Å²) in [5.74, 6) is 3.17. The van der Waals surface area contributed by atoms with E-state index in [2.05, 4.69) is 54.4 Å². The van der Waals surface area contributed by atoms with E-state index in [1.54, 1.807) is 18.4 Å². The molecule has 0 amide bonds. The van der Waals surface area contributed by atoms with Gasteiger partial charge < -0.3 is 15.2 Å². The SMILES string of the molecule is CN=C(NCc1nnc(C(C)C)s1)NCc1nnc2n1CCC2. The Balaban J connectivity index is 1.51. The van der Waals surface area contributed by atoms with Gasteiger partial charge in [0.25, 0.3) is 0 Å². The highest BCUT2D eigenvalue weighted by atomic mass is 32.1. The molecule has 0 atom stereocenters. The minimum atomic E-state index is 0.411.